The molecule has 134 valence electrons. The second kappa shape index (κ2) is 6.71. The van der Waals surface area contributed by atoms with Crippen LogP contribution in [0.3, 0.4) is 0 Å². The molecule has 1 saturated heterocycles. The molecule has 0 bridgehead atoms. The summed E-state index contributed by atoms with van der Waals surface area (Å²) in [6, 6.07) is 5.95. The fourth-order valence-electron chi connectivity index (χ4n) is 3.29. The summed E-state index contributed by atoms with van der Waals surface area (Å²) >= 11 is 0. The molecule has 1 aliphatic rings. The summed E-state index contributed by atoms with van der Waals surface area (Å²) in [4.78, 5) is 14.5. The largest absolute Gasteiger partial charge is 0.444 e. The number of benzene rings is 1. The molecule has 4 nitrogen and oxygen atoms in total. The summed E-state index contributed by atoms with van der Waals surface area (Å²) < 4.78 is 19.2. The van der Waals surface area contributed by atoms with E-state index in [9.17, 15) is 14.3 Å². The van der Waals surface area contributed by atoms with Crippen LogP contribution in [0, 0.1) is 11.2 Å². The van der Waals surface area contributed by atoms with Gasteiger partial charge in [0.25, 0.3) is 0 Å². The zero-order valence-corrected chi connectivity index (χ0v) is 15.2. The Kier molecular flexibility index (Phi) is 5.23. The van der Waals surface area contributed by atoms with E-state index in [4.69, 9.17) is 4.74 Å². The van der Waals surface area contributed by atoms with E-state index < -0.39 is 17.1 Å². The SMILES string of the molecule is CC(C)(C)OC(=O)N1[C@H](c2cccc(F)c2)CC[C@@H]1C(C)(C)CO. The zero-order valence-electron chi connectivity index (χ0n) is 15.2. The molecule has 24 heavy (non-hydrogen) atoms. The Balaban J connectivity index is 2.38. The van der Waals surface area contributed by atoms with E-state index in [1.54, 1.807) is 11.0 Å². The third-order valence-electron chi connectivity index (χ3n) is 4.53. The number of likely N-dealkylation sites (tertiary alicyclic amines) is 1. The first kappa shape index (κ1) is 18.7. The van der Waals surface area contributed by atoms with E-state index in [2.05, 4.69) is 0 Å². The maximum Gasteiger partial charge on any atom is 0.411 e. The number of carbonyl (C=O) groups is 1. The van der Waals surface area contributed by atoms with Crippen LogP contribution in [0.5, 0.6) is 0 Å². The molecule has 0 saturated carbocycles. The first-order chi connectivity index (χ1) is 11.0. The lowest BCUT2D eigenvalue weighted by Gasteiger charge is -2.39. The van der Waals surface area contributed by atoms with Crippen LogP contribution in [0.25, 0.3) is 0 Å². The van der Waals surface area contributed by atoms with Crippen LogP contribution in [0.1, 0.15) is 59.1 Å². The molecule has 0 aliphatic carbocycles. The normalized spacial score (nSPS) is 21.9. The van der Waals surface area contributed by atoms with Crippen LogP contribution in [-0.4, -0.2) is 34.3 Å². The molecular formula is C19H28FNO3. The van der Waals surface area contributed by atoms with Gasteiger partial charge in [0.2, 0.25) is 0 Å². The third kappa shape index (κ3) is 4.07. The smallest absolute Gasteiger partial charge is 0.411 e. The molecule has 1 aliphatic heterocycles. The molecule has 5 heteroatoms. The Morgan fingerprint density at radius 1 is 1.29 bits per heavy atom. The maximum atomic E-state index is 13.6. The zero-order chi connectivity index (χ0) is 18.1. The molecule has 0 unspecified atom stereocenters. The molecule has 2 atom stereocenters. The van der Waals surface area contributed by atoms with Crippen LogP contribution in [0.4, 0.5) is 9.18 Å². The summed E-state index contributed by atoms with van der Waals surface area (Å²) in [5.41, 5.74) is -0.309. The van der Waals surface area contributed by atoms with E-state index in [1.165, 1.54) is 12.1 Å². The summed E-state index contributed by atoms with van der Waals surface area (Å²) in [6.07, 6.45) is 1.05. The summed E-state index contributed by atoms with van der Waals surface area (Å²) in [7, 11) is 0. The number of hydrogen-bond acceptors (Lipinski definition) is 3. The van der Waals surface area contributed by atoms with E-state index in [-0.39, 0.29) is 24.5 Å². The average molecular weight is 337 g/mol. The van der Waals surface area contributed by atoms with Crippen molar-refractivity contribution in [3.05, 3.63) is 35.6 Å². The van der Waals surface area contributed by atoms with Crippen LogP contribution in [0.15, 0.2) is 24.3 Å². The molecule has 1 aromatic rings. The third-order valence-corrected chi connectivity index (χ3v) is 4.53. The lowest BCUT2D eigenvalue weighted by atomic mass is 9.84. The lowest BCUT2D eigenvalue weighted by molar-refractivity contribution is -0.00798. The fraction of sp³-hybridized carbons (Fsp3) is 0.632. The van der Waals surface area contributed by atoms with E-state index in [0.717, 1.165) is 18.4 Å². The van der Waals surface area contributed by atoms with Crippen molar-refractivity contribution >= 4 is 6.09 Å². The van der Waals surface area contributed by atoms with Gasteiger partial charge in [-0.25, -0.2) is 9.18 Å². The number of ether oxygens (including phenoxy) is 1. The minimum atomic E-state index is -0.611. The second-order valence-corrected chi connectivity index (χ2v) is 8.20. The maximum absolute atomic E-state index is 13.6. The summed E-state index contributed by atoms with van der Waals surface area (Å²) in [6.45, 7) is 9.30. The number of halogens is 1. The van der Waals surface area contributed by atoms with Crippen molar-refractivity contribution in [1.29, 1.82) is 0 Å². The standard InChI is InChI=1S/C19H28FNO3/c1-18(2,3)24-17(23)21-15(13-7-6-8-14(20)11-13)9-10-16(21)19(4,5)12-22/h6-8,11,15-16,22H,9-10,12H2,1-5H3/t15-,16+/m0/s1. The molecule has 2 rings (SSSR count). The van der Waals surface area contributed by atoms with Crippen molar-refractivity contribution in [2.75, 3.05) is 6.61 Å². The highest BCUT2D eigenvalue weighted by Crippen LogP contribution is 2.43. The topological polar surface area (TPSA) is 49.8 Å². The van der Waals surface area contributed by atoms with Gasteiger partial charge in [-0.1, -0.05) is 26.0 Å². The number of amides is 1. The molecule has 1 N–H and O–H groups in total. The molecule has 1 fully saturated rings. The van der Waals surface area contributed by atoms with Gasteiger partial charge in [0.05, 0.1) is 12.6 Å². The van der Waals surface area contributed by atoms with Gasteiger partial charge in [-0.05, 0) is 51.3 Å². The van der Waals surface area contributed by atoms with E-state index >= 15 is 0 Å². The lowest BCUT2D eigenvalue weighted by Crippen LogP contribution is -2.48. The van der Waals surface area contributed by atoms with Crippen molar-refractivity contribution in [2.24, 2.45) is 5.41 Å². The monoisotopic (exact) mass is 337 g/mol. The number of nitrogens with zero attached hydrogens (tertiary/aromatic N) is 1. The Hall–Kier alpha value is -1.62. The van der Waals surface area contributed by atoms with Gasteiger partial charge in [-0.15, -0.1) is 0 Å². The van der Waals surface area contributed by atoms with Gasteiger partial charge in [0.1, 0.15) is 11.4 Å². The minimum Gasteiger partial charge on any atom is -0.444 e. The quantitative estimate of drug-likeness (QED) is 0.895. The first-order valence-corrected chi connectivity index (χ1v) is 8.43. The first-order valence-electron chi connectivity index (χ1n) is 8.43. The van der Waals surface area contributed by atoms with Gasteiger partial charge < -0.3 is 9.84 Å². The van der Waals surface area contributed by atoms with Gasteiger partial charge in [0.15, 0.2) is 0 Å². The Morgan fingerprint density at radius 3 is 2.50 bits per heavy atom. The highest BCUT2D eigenvalue weighted by molar-refractivity contribution is 5.70. The number of aliphatic hydroxyl groups excluding tert-OH is 1. The van der Waals surface area contributed by atoms with Crippen LogP contribution >= 0.6 is 0 Å². The van der Waals surface area contributed by atoms with Crippen molar-refractivity contribution in [2.45, 2.75) is 65.1 Å². The minimum absolute atomic E-state index is 0.0349. The number of rotatable bonds is 3. The molecule has 1 aromatic carbocycles. The predicted molar refractivity (Wildman–Crippen MR) is 91.1 cm³/mol. The highest BCUT2D eigenvalue weighted by atomic mass is 19.1. The number of aliphatic hydroxyl groups is 1. The van der Waals surface area contributed by atoms with Gasteiger partial charge in [0, 0.05) is 11.5 Å². The molecule has 0 spiro atoms. The summed E-state index contributed by atoms with van der Waals surface area (Å²) in [5.74, 6) is -0.318. The average Bonchev–Trinajstić information content (AvgIpc) is 2.91. The van der Waals surface area contributed by atoms with Crippen molar-refractivity contribution < 1.29 is 19.0 Å². The van der Waals surface area contributed by atoms with Crippen molar-refractivity contribution in [1.82, 2.24) is 4.90 Å². The molecule has 0 aromatic heterocycles. The van der Waals surface area contributed by atoms with Gasteiger partial charge in [-0.3, -0.25) is 4.90 Å². The number of hydrogen-bond donors (Lipinski definition) is 1. The predicted octanol–water partition coefficient (Wildman–Crippen LogP) is 4.28. The molecule has 1 heterocycles. The highest BCUT2D eigenvalue weighted by Gasteiger charge is 2.46. The van der Waals surface area contributed by atoms with Crippen LogP contribution in [0.2, 0.25) is 0 Å². The van der Waals surface area contributed by atoms with Crippen LogP contribution < -0.4 is 0 Å². The Labute approximate surface area is 143 Å². The van der Waals surface area contributed by atoms with Crippen molar-refractivity contribution in [3.63, 3.8) is 0 Å². The Bertz CT molecular complexity index is 595. The summed E-state index contributed by atoms with van der Waals surface area (Å²) in [5, 5.41) is 9.75. The van der Waals surface area contributed by atoms with E-state index in [0.29, 0.717) is 0 Å². The fourth-order valence-corrected chi connectivity index (χ4v) is 3.29. The molecule has 1 amide bonds. The van der Waals surface area contributed by atoms with E-state index in [1.807, 2.05) is 40.7 Å². The molecule has 0 radical (unpaired) electrons. The molecular weight excluding hydrogens is 309 g/mol. The van der Waals surface area contributed by atoms with Crippen molar-refractivity contribution in [3.8, 4) is 0 Å². The van der Waals surface area contributed by atoms with Gasteiger partial charge >= 0.3 is 6.09 Å². The Morgan fingerprint density at radius 2 is 1.96 bits per heavy atom. The number of carbonyl (C=O) groups excluding carboxylic acids is 1. The van der Waals surface area contributed by atoms with Gasteiger partial charge in [-0.2, -0.15) is 0 Å². The second-order valence-electron chi connectivity index (χ2n) is 8.20. The van der Waals surface area contributed by atoms with Crippen LogP contribution in [-0.2, 0) is 4.74 Å².